The monoisotopic (exact) mass is 323 g/mol. The van der Waals surface area contributed by atoms with Gasteiger partial charge in [-0.15, -0.1) is 0 Å². The highest BCUT2D eigenvalue weighted by Gasteiger charge is 2.50. The number of rotatable bonds is 3. The van der Waals surface area contributed by atoms with E-state index in [1.54, 1.807) is 0 Å². The first-order valence-corrected chi connectivity index (χ1v) is 9.03. The van der Waals surface area contributed by atoms with Crippen LogP contribution in [0.1, 0.15) is 43.7 Å². The SMILES string of the molecule is CNC(c1cc(Cl)ccc1Cl)C1C2CC3CC(C2)CC1C3. The standard InChI is InChI=1S/C18H23Cl2N/c1-21-18(15-9-14(19)2-3-16(15)20)17-12-5-10-4-11(7-12)8-13(17)6-10/h2-3,9-13,17-18,21H,4-8H2,1H3. The van der Waals surface area contributed by atoms with Gasteiger partial charge in [0.2, 0.25) is 0 Å². The molecule has 4 bridgehead atoms. The fourth-order valence-corrected chi connectivity index (χ4v) is 6.24. The summed E-state index contributed by atoms with van der Waals surface area (Å²) < 4.78 is 0. The van der Waals surface area contributed by atoms with E-state index in [1.807, 2.05) is 12.1 Å². The van der Waals surface area contributed by atoms with Gasteiger partial charge in [0.05, 0.1) is 0 Å². The van der Waals surface area contributed by atoms with Crippen molar-refractivity contribution in [3.63, 3.8) is 0 Å². The van der Waals surface area contributed by atoms with Crippen LogP contribution >= 0.6 is 23.2 Å². The quantitative estimate of drug-likeness (QED) is 0.793. The van der Waals surface area contributed by atoms with Crippen LogP contribution in [0.4, 0.5) is 0 Å². The molecule has 1 nitrogen and oxygen atoms in total. The normalized spacial score (nSPS) is 38.7. The summed E-state index contributed by atoms with van der Waals surface area (Å²) in [6, 6.07) is 6.25. The van der Waals surface area contributed by atoms with E-state index >= 15 is 0 Å². The Morgan fingerprint density at radius 3 is 2.19 bits per heavy atom. The fourth-order valence-electron chi connectivity index (χ4n) is 5.82. The molecule has 1 atom stereocenters. The maximum atomic E-state index is 6.48. The highest BCUT2D eigenvalue weighted by molar-refractivity contribution is 6.33. The van der Waals surface area contributed by atoms with Crippen LogP contribution in [0.3, 0.4) is 0 Å². The van der Waals surface area contributed by atoms with E-state index in [9.17, 15) is 0 Å². The number of nitrogens with one attached hydrogen (secondary N) is 1. The summed E-state index contributed by atoms with van der Waals surface area (Å²) >= 11 is 12.7. The molecule has 4 saturated carbocycles. The van der Waals surface area contributed by atoms with Gasteiger partial charge in [-0.25, -0.2) is 0 Å². The van der Waals surface area contributed by atoms with Gasteiger partial charge in [-0.1, -0.05) is 23.2 Å². The summed E-state index contributed by atoms with van der Waals surface area (Å²) in [6.07, 6.45) is 7.26. The molecule has 0 aromatic heterocycles. The average Bonchev–Trinajstić information content (AvgIpc) is 2.45. The van der Waals surface area contributed by atoms with Crippen molar-refractivity contribution in [3.05, 3.63) is 33.8 Å². The molecule has 1 unspecified atom stereocenters. The second-order valence-electron chi connectivity index (χ2n) is 7.44. The van der Waals surface area contributed by atoms with Gasteiger partial charge >= 0.3 is 0 Å². The van der Waals surface area contributed by atoms with Crippen molar-refractivity contribution in [1.29, 1.82) is 0 Å². The predicted molar refractivity (Wildman–Crippen MR) is 88.8 cm³/mol. The van der Waals surface area contributed by atoms with E-state index in [2.05, 4.69) is 18.4 Å². The van der Waals surface area contributed by atoms with Crippen LogP contribution < -0.4 is 5.32 Å². The molecule has 0 spiro atoms. The van der Waals surface area contributed by atoms with Crippen molar-refractivity contribution >= 4 is 23.2 Å². The molecular weight excluding hydrogens is 301 g/mol. The molecule has 4 aliphatic rings. The molecule has 5 rings (SSSR count). The summed E-state index contributed by atoms with van der Waals surface area (Å²) in [7, 11) is 2.08. The first-order chi connectivity index (χ1) is 10.2. The third-order valence-corrected chi connectivity index (χ3v) is 6.87. The van der Waals surface area contributed by atoms with Crippen LogP contribution in [0.15, 0.2) is 18.2 Å². The van der Waals surface area contributed by atoms with Crippen molar-refractivity contribution in [3.8, 4) is 0 Å². The van der Waals surface area contributed by atoms with Gasteiger partial charge in [0.25, 0.3) is 0 Å². The van der Waals surface area contributed by atoms with Gasteiger partial charge in [0.15, 0.2) is 0 Å². The Labute approximate surface area is 137 Å². The molecule has 114 valence electrons. The summed E-state index contributed by atoms with van der Waals surface area (Å²) in [4.78, 5) is 0. The average molecular weight is 324 g/mol. The summed E-state index contributed by atoms with van der Waals surface area (Å²) in [5, 5.41) is 5.22. The van der Waals surface area contributed by atoms with E-state index in [0.717, 1.165) is 39.6 Å². The largest absolute Gasteiger partial charge is 0.313 e. The molecule has 1 aromatic carbocycles. The number of hydrogen-bond acceptors (Lipinski definition) is 1. The molecule has 0 aliphatic heterocycles. The topological polar surface area (TPSA) is 12.0 Å². The van der Waals surface area contributed by atoms with Crippen LogP contribution in [0.25, 0.3) is 0 Å². The zero-order chi connectivity index (χ0) is 14.6. The number of hydrogen-bond donors (Lipinski definition) is 1. The van der Waals surface area contributed by atoms with Gasteiger partial charge in [0.1, 0.15) is 0 Å². The van der Waals surface area contributed by atoms with E-state index in [4.69, 9.17) is 23.2 Å². The molecule has 3 heteroatoms. The predicted octanol–water partition coefficient (Wildman–Crippen LogP) is 5.33. The Balaban J connectivity index is 1.68. The maximum absolute atomic E-state index is 6.48. The summed E-state index contributed by atoms with van der Waals surface area (Å²) in [5.41, 5.74) is 1.20. The van der Waals surface area contributed by atoms with Crippen LogP contribution in [0, 0.1) is 29.6 Å². The van der Waals surface area contributed by atoms with Crippen LogP contribution in [0.5, 0.6) is 0 Å². The molecule has 0 amide bonds. The van der Waals surface area contributed by atoms with Crippen molar-refractivity contribution in [2.45, 2.75) is 38.1 Å². The maximum Gasteiger partial charge on any atom is 0.0454 e. The molecular formula is C18H23Cl2N. The molecule has 4 fully saturated rings. The zero-order valence-electron chi connectivity index (χ0n) is 12.5. The minimum absolute atomic E-state index is 0.353. The second kappa shape index (κ2) is 5.44. The lowest BCUT2D eigenvalue weighted by Gasteiger charge is -2.56. The lowest BCUT2D eigenvalue weighted by Crippen LogP contribution is -2.49. The van der Waals surface area contributed by atoms with E-state index in [0.29, 0.717) is 6.04 Å². The van der Waals surface area contributed by atoms with Crippen LogP contribution in [-0.2, 0) is 0 Å². The van der Waals surface area contributed by atoms with E-state index < -0.39 is 0 Å². The molecule has 4 aliphatic carbocycles. The van der Waals surface area contributed by atoms with E-state index in [1.165, 1.54) is 37.7 Å². The highest BCUT2D eigenvalue weighted by atomic mass is 35.5. The summed E-state index contributed by atoms with van der Waals surface area (Å²) in [5.74, 6) is 4.52. The van der Waals surface area contributed by atoms with Crippen molar-refractivity contribution in [1.82, 2.24) is 5.32 Å². The van der Waals surface area contributed by atoms with Gasteiger partial charge in [0, 0.05) is 16.1 Å². The lowest BCUT2D eigenvalue weighted by atomic mass is 9.50. The zero-order valence-corrected chi connectivity index (χ0v) is 14.0. The van der Waals surface area contributed by atoms with Crippen LogP contribution in [-0.4, -0.2) is 7.05 Å². The Hall–Kier alpha value is -0.240. The molecule has 1 aromatic rings. The Bertz CT molecular complexity index is 514. The number of halogens is 2. The van der Waals surface area contributed by atoms with Crippen LogP contribution in [0.2, 0.25) is 10.0 Å². The molecule has 0 radical (unpaired) electrons. The van der Waals surface area contributed by atoms with Gasteiger partial charge in [-0.2, -0.15) is 0 Å². The third-order valence-electron chi connectivity index (χ3n) is 6.29. The fraction of sp³-hybridized carbons (Fsp3) is 0.667. The molecule has 1 N–H and O–H groups in total. The third kappa shape index (κ3) is 2.42. The minimum Gasteiger partial charge on any atom is -0.313 e. The molecule has 21 heavy (non-hydrogen) atoms. The molecule has 0 heterocycles. The Morgan fingerprint density at radius 1 is 1.00 bits per heavy atom. The van der Waals surface area contributed by atoms with Gasteiger partial charge in [-0.05, 0) is 92.5 Å². The second-order valence-corrected chi connectivity index (χ2v) is 8.28. The van der Waals surface area contributed by atoms with Gasteiger partial charge < -0.3 is 5.32 Å². The Morgan fingerprint density at radius 2 is 1.62 bits per heavy atom. The lowest BCUT2D eigenvalue weighted by molar-refractivity contribution is -0.0515. The molecule has 0 saturated heterocycles. The van der Waals surface area contributed by atoms with Gasteiger partial charge in [-0.3, -0.25) is 0 Å². The summed E-state index contributed by atoms with van der Waals surface area (Å²) in [6.45, 7) is 0. The van der Waals surface area contributed by atoms with Crippen molar-refractivity contribution in [2.24, 2.45) is 29.6 Å². The minimum atomic E-state index is 0.353. The first kappa shape index (κ1) is 14.4. The van der Waals surface area contributed by atoms with Crippen molar-refractivity contribution in [2.75, 3.05) is 7.05 Å². The smallest absolute Gasteiger partial charge is 0.0454 e. The Kier molecular flexibility index (Phi) is 3.72. The first-order valence-electron chi connectivity index (χ1n) is 8.28. The van der Waals surface area contributed by atoms with Crippen molar-refractivity contribution < 1.29 is 0 Å². The highest BCUT2D eigenvalue weighted by Crippen LogP contribution is 2.59. The van der Waals surface area contributed by atoms with E-state index in [-0.39, 0.29) is 0 Å². The number of benzene rings is 1.